The van der Waals surface area contributed by atoms with Gasteiger partial charge < -0.3 is 20.3 Å². The summed E-state index contributed by atoms with van der Waals surface area (Å²) in [6.45, 7) is 10.6. The molecule has 0 saturated carbocycles. The molecule has 0 aliphatic heterocycles. The average Bonchev–Trinajstić information content (AvgIpc) is 0.759. The van der Waals surface area contributed by atoms with E-state index in [4.69, 9.17) is 25.3 Å². The largest absolute Gasteiger partial charge is 0.512 e. The van der Waals surface area contributed by atoms with E-state index in [-0.39, 0.29) is 115 Å². The van der Waals surface area contributed by atoms with Crippen molar-refractivity contribution in [3.05, 3.63) is 405 Å². The van der Waals surface area contributed by atoms with Gasteiger partial charge in [-0.25, -0.2) is 0 Å². The minimum Gasteiger partial charge on any atom is -0.512 e. The predicted molar refractivity (Wildman–Crippen MR) is 459 cm³/mol. The maximum Gasteiger partial charge on any atom is 0.155 e. The maximum atomic E-state index is 10.0. The van der Waals surface area contributed by atoms with E-state index in [9.17, 15) is 14.4 Å². The van der Waals surface area contributed by atoms with Crippen LogP contribution in [-0.2, 0) is 94.8 Å². The number of aliphatic hydroxyl groups is 3. The number of hydrogen-bond donors (Lipinski definition) is 3. The van der Waals surface area contributed by atoms with Crippen molar-refractivity contribution in [2.45, 2.75) is 48.5 Å². The molecule has 0 amide bonds. The van der Waals surface area contributed by atoms with Crippen molar-refractivity contribution < 1.29 is 110 Å². The molecule has 15 heteroatoms. The van der Waals surface area contributed by atoms with Crippen molar-refractivity contribution in [3.8, 4) is 67.4 Å². The molecule has 116 heavy (non-hydrogen) atoms. The number of para-hydroxylation sites is 4. The Hall–Kier alpha value is -11.8. The van der Waals surface area contributed by atoms with E-state index < -0.39 is 0 Å². The Labute approximate surface area is 732 Å². The summed E-state index contributed by atoms with van der Waals surface area (Å²) in [5.74, 6) is -0.187. The van der Waals surface area contributed by atoms with Gasteiger partial charge in [-0.2, -0.15) is 0 Å². The molecular weight excluding hydrogens is 2150 g/mol. The monoisotopic (exact) mass is 2230 g/mol. The zero-order valence-corrected chi connectivity index (χ0v) is 74.2. The topological polar surface area (TPSA) is 176 Å². The van der Waals surface area contributed by atoms with Crippen LogP contribution in [0, 0.1) is 37.3 Å². The number of ketones is 3. The Morgan fingerprint density at radius 2 is 0.681 bits per heavy atom. The van der Waals surface area contributed by atoms with Crippen molar-refractivity contribution in [2.24, 2.45) is 0 Å². The standard InChI is InChI=1S/C23H14N.C21H14N.C16H12N.C15H10N.C11H8N.3C5H8O2.4Ir/c1-3-9-18-17(8-1)15-21(20-11-5-4-10-19(18)20)23-14-13-16-7-2-6-12-22(16)24-23;1-2-6-16(7-3-1)17-10-12-19(13-11-17)21-15-14-18-8-4-5-9-20(18)22-21;1-12-6-2-4-8-14(12)16-11-10-13-7-3-5-9-15(13)17-16;1-2-6-12(7-3-1)15-11-10-13-8-4-5-9-14(13)16-15;1-2-6-10(7-3-1)11-8-4-5-9-12-11;3*1-4(6)3-5(2)7;;;;/h1-14H;1-12,14-15H;2-7,9-11H,1H3;1-6,8-11H;1-6,8-9H;3*3,6H,1-2H3;;;;/q5*-1;;;;;;;. The molecule has 12 aromatic carbocycles. The number of fused-ring (bicyclic) bond motifs is 7. The summed E-state index contributed by atoms with van der Waals surface area (Å²) in [7, 11) is 0. The van der Waals surface area contributed by atoms with Crippen LogP contribution in [0.4, 0.5) is 0 Å². The number of hydrogen-bond acceptors (Lipinski definition) is 11. The summed E-state index contributed by atoms with van der Waals surface area (Å²) in [4.78, 5) is 53.1. The minimum absolute atomic E-state index is 0. The molecule has 11 nitrogen and oxygen atoms in total. The van der Waals surface area contributed by atoms with E-state index in [2.05, 4.69) is 204 Å². The Morgan fingerprint density at radius 1 is 0.302 bits per heavy atom. The number of aliphatic hydroxyl groups excluding tert-OH is 3. The van der Waals surface area contributed by atoms with Crippen molar-refractivity contribution in [3.63, 3.8) is 0 Å². The summed E-state index contributed by atoms with van der Waals surface area (Å²) in [5.41, 5.74) is 17.8. The van der Waals surface area contributed by atoms with Crippen LogP contribution in [0.25, 0.3) is 133 Å². The van der Waals surface area contributed by atoms with Gasteiger partial charge in [-0.05, 0) is 116 Å². The van der Waals surface area contributed by atoms with E-state index >= 15 is 0 Å². The predicted octanol–water partition coefficient (Wildman–Crippen LogP) is 24.7. The Bertz CT molecular complexity index is 5980. The first-order valence-electron chi connectivity index (χ1n) is 36.2. The van der Waals surface area contributed by atoms with E-state index in [0.29, 0.717) is 0 Å². The third-order valence-corrected chi connectivity index (χ3v) is 16.7. The molecule has 0 bridgehead atoms. The smallest absolute Gasteiger partial charge is 0.155 e. The van der Waals surface area contributed by atoms with Gasteiger partial charge in [0.05, 0.1) is 39.3 Å². The molecule has 588 valence electrons. The van der Waals surface area contributed by atoms with E-state index in [1.807, 2.05) is 176 Å². The summed E-state index contributed by atoms with van der Waals surface area (Å²) in [5, 5.41) is 34.5. The third kappa shape index (κ3) is 28.6. The molecule has 0 unspecified atom stereocenters. The number of carbonyl (C=O) groups excluding carboxylic acids is 3. The molecule has 17 aromatic rings. The second-order valence-corrected chi connectivity index (χ2v) is 25.7. The number of pyridine rings is 5. The number of nitrogens with zero attached hydrogens (tertiary/aromatic N) is 5. The molecular formula is C101H82Ir4N5O6-5. The van der Waals surface area contributed by atoms with Crippen molar-refractivity contribution in [1.29, 1.82) is 0 Å². The fourth-order valence-corrected chi connectivity index (χ4v) is 11.7. The van der Waals surface area contributed by atoms with Gasteiger partial charge in [0.25, 0.3) is 0 Å². The second kappa shape index (κ2) is 48.4. The second-order valence-electron chi connectivity index (χ2n) is 25.7. The molecule has 5 heterocycles. The van der Waals surface area contributed by atoms with Gasteiger partial charge in [-0.15, -0.1) is 155 Å². The minimum atomic E-state index is -0.125. The van der Waals surface area contributed by atoms with Gasteiger partial charge in [0.15, 0.2) is 17.3 Å². The number of allylic oxidation sites excluding steroid dienone is 6. The third-order valence-electron chi connectivity index (χ3n) is 16.7. The maximum absolute atomic E-state index is 10.0. The van der Waals surface area contributed by atoms with E-state index in [1.165, 1.54) is 103 Å². The van der Waals surface area contributed by atoms with Crippen molar-refractivity contribution in [1.82, 2.24) is 24.9 Å². The first kappa shape index (κ1) is 93.0. The summed E-state index contributed by atoms with van der Waals surface area (Å²) in [6.07, 6.45) is 5.29. The normalized spacial score (nSPS) is 10.5. The van der Waals surface area contributed by atoms with Gasteiger partial charge in [0.2, 0.25) is 0 Å². The van der Waals surface area contributed by atoms with Gasteiger partial charge in [0.1, 0.15) is 0 Å². The fourth-order valence-electron chi connectivity index (χ4n) is 11.7. The number of benzene rings is 12. The Morgan fingerprint density at radius 3 is 1.09 bits per heavy atom. The molecule has 0 fully saturated rings. The van der Waals surface area contributed by atoms with Crippen molar-refractivity contribution >= 4 is 82.5 Å². The number of aromatic nitrogens is 5. The van der Waals surface area contributed by atoms with Crippen LogP contribution in [0.15, 0.2) is 369 Å². The molecule has 0 spiro atoms. The number of aryl methyl sites for hydroxylation is 1. The van der Waals surface area contributed by atoms with E-state index in [0.717, 1.165) is 94.5 Å². The Balaban J connectivity index is 0.000000213. The number of carbonyl (C=O) groups is 3. The molecule has 0 aliphatic carbocycles. The molecule has 5 aromatic heterocycles. The Kier molecular flexibility index (Phi) is 38.8. The molecule has 17 rings (SSSR count). The SMILES string of the molecule is CC(=O)C=C(C)O.CC(=O)C=C(C)O.CC(=O)C=C(C)O.Cc1ccc[c-]c1-c1ccc2ccccc2n1.[Ir].[Ir].[Ir].[Ir].[c-]1c(-c2ccc3ccccc3n2)c2ccccc2c2ccccc12.[c-]1cc(-c2ccccc2)ccc1-c1ccc2ccccc2n1.[c-]1ccccc1-c1ccc2ccccc2n1.[c-]1ccccc1-c1ccccn1. The molecule has 3 N–H and O–H groups in total. The van der Waals surface area contributed by atoms with Gasteiger partial charge in [-0.3, -0.25) is 34.3 Å². The van der Waals surface area contributed by atoms with Crippen LogP contribution in [0.5, 0.6) is 0 Å². The molecule has 0 atom stereocenters. The van der Waals surface area contributed by atoms with Crippen LogP contribution in [0.2, 0.25) is 0 Å². The van der Waals surface area contributed by atoms with Crippen LogP contribution in [-0.4, -0.2) is 57.6 Å². The van der Waals surface area contributed by atoms with Crippen LogP contribution >= 0.6 is 0 Å². The molecule has 0 aliphatic rings. The van der Waals surface area contributed by atoms with Crippen LogP contribution in [0.1, 0.15) is 47.1 Å². The number of rotatable bonds is 9. The zero-order valence-electron chi connectivity index (χ0n) is 64.6. The van der Waals surface area contributed by atoms with Gasteiger partial charge in [0, 0.05) is 111 Å². The first-order valence-corrected chi connectivity index (χ1v) is 36.2. The molecule has 0 saturated heterocycles. The van der Waals surface area contributed by atoms with Gasteiger partial charge in [-0.1, -0.05) is 246 Å². The fraction of sp³-hybridized carbons (Fsp3) is 0.0693. The van der Waals surface area contributed by atoms with Crippen LogP contribution in [0.3, 0.4) is 0 Å². The summed E-state index contributed by atoms with van der Waals surface area (Å²) >= 11 is 0. The quantitative estimate of drug-likeness (QED) is 0.0542. The summed E-state index contributed by atoms with van der Waals surface area (Å²) < 4.78 is 0. The zero-order chi connectivity index (χ0) is 79.0. The average molecular weight is 2230 g/mol. The van der Waals surface area contributed by atoms with Crippen LogP contribution < -0.4 is 0 Å². The summed E-state index contributed by atoms with van der Waals surface area (Å²) in [6, 6.07) is 127. The first-order chi connectivity index (χ1) is 54.4. The van der Waals surface area contributed by atoms with Gasteiger partial charge >= 0.3 is 0 Å². The van der Waals surface area contributed by atoms with Crippen molar-refractivity contribution in [2.75, 3.05) is 0 Å². The molecule has 4 radical (unpaired) electrons. The van der Waals surface area contributed by atoms with E-state index in [1.54, 1.807) is 6.20 Å².